The monoisotopic (exact) mass is 333 g/mol. The Balaban J connectivity index is 2.11. The average molecular weight is 334 g/mol. The van der Waals surface area contributed by atoms with E-state index >= 15 is 0 Å². The number of rotatable bonds is 5. The fourth-order valence-electron chi connectivity index (χ4n) is 1.76. The van der Waals surface area contributed by atoms with Gasteiger partial charge in [-0.25, -0.2) is 9.67 Å². The highest BCUT2D eigenvalue weighted by atomic mass is 79.9. The summed E-state index contributed by atoms with van der Waals surface area (Å²) < 4.78 is 2.61. The molecule has 1 N–H and O–H groups in total. The second-order valence-corrected chi connectivity index (χ2v) is 5.78. The van der Waals surface area contributed by atoms with Gasteiger partial charge in [-0.2, -0.15) is 5.26 Å². The predicted molar refractivity (Wildman–Crippen MR) is 80.3 cm³/mol. The van der Waals surface area contributed by atoms with E-state index in [0.29, 0.717) is 5.92 Å². The zero-order valence-corrected chi connectivity index (χ0v) is 13.1. The van der Waals surface area contributed by atoms with Gasteiger partial charge in [-0.05, 0) is 30.2 Å². The van der Waals surface area contributed by atoms with Crippen LogP contribution in [0.15, 0.2) is 29.0 Å². The number of hydrogen-bond acceptors (Lipinski definition) is 4. The van der Waals surface area contributed by atoms with Gasteiger partial charge in [0, 0.05) is 11.0 Å². The first-order valence-corrected chi connectivity index (χ1v) is 7.20. The van der Waals surface area contributed by atoms with Gasteiger partial charge in [0.2, 0.25) is 0 Å². The molecule has 0 atom stereocenters. The van der Waals surface area contributed by atoms with E-state index in [4.69, 9.17) is 5.26 Å². The summed E-state index contributed by atoms with van der Waals surface area (Å²) >= 11 is 3.57. The zero-order valence-electron chi connectivity index (χ0n) is 11.5. The molecule has 0 radical (unpaired) electrons. The number of halogens is 1. The van der Waals surface area contributed by atoms with E-state index in [1.54, 1.807) is 4.68 Å². The normalized spacial score (nSPS) is 10.8. The minimum atomic E-state index is 0.170. The van der Waals surface area contributed by atoms with Crippen LogP contribution in [0.5, 0.6) is 0 Å². The van der Waals surface area contributed by atoms with Gasteiger partial charge >= 0.3 is 0 Å². The minimum absolute atomic E-state index is 0.170. The first-order chi connectivity index (χ1) is 9.60. The Kier molecular flexibility index (Phi) is 4.88. The molecule has 2 aromatic rings. The Hall–Kier alpha value is -1.71. The van der Waals surface area contributed by atoms with E-state index in [-0.39, 0.29) is 5.82 Å². The maximum Gasteiger partial charge on any atom is 0.252 e. The van der Waals surface area contributed by atoms with Crippen molar-refractivity contribution in [1.82, 2.24) is 20.1 Å². The van der Waals surface area contributed by atoms with Crippen molar-refractivity contribution in [1.29, 1.82) is 5.26 Å². The fourth-order valence-corrected chi connectivity index (χ4v) is 2.26. The second kappa shape index (κ2) is 6.64. The standard InChI is InChI=1S/C14H16BrN5/c1-10(2)7-17-8-11-3-4-12(5-13(11)15)20-9-18-14(6-16)19-20/h3-5,9-10,17H,7-8H2,1-2H3. The lowest BCUT2D eigenvalue weighted by atomic mass is 10.2. The molecule has 0 aliphatic rings. The summed E-state index contributed by atoms with van der Waals surface area (Å²) in [5.74, 6) is 0.802. The summed E-state index contributed by atoms with van der Waals surface area (Å²) in [6, 6.07) is 7.90. The molecule has 0 unspecified atom stereocenters. The molecule has 5 nitrogen and oxygen atoms in total. The molecule has 0 aliphatic heterocycles. The van der Waals surface area contributed by atoms with E-state index in [2.05, 4.69) is 45.2 Å². The molecule has 0 fully saturated rings. The lowest BCUT2D eigenvalue weighted by molar-refractivity contribution is 0.552. The van der Waals surface area contributed by atoms with Gasteiger partial charge in [0.1, 0.15) is 12.4 Å². The van der Waals surface area contributed by atoms with E-state index in [1.165, 1.54) is 11.9 Å². The summed E-state index contributed by atoms with van der Waals surface area (Å²) in [4.78, 5) is 3.90. The average Bonchev–Trinajstić information content (AvgIpc) is 2.89. The van der Waals surface area contributed by atoms with Crippen molar-refractivity contribution in [3.63, 3.8) is 0 Å². The first kappa shape index (κ1) is 14.7. The van der Waals surface area contributed by atoms with Crippen LogP contribution >= 0.6 is 15.9 Å². The lowest BCUT2D eigenvalue weighted by Crippen LogP contribution is -2.19. The smallest absolute Gasteiger partial charge is 0.252 e. The summed E-state index contributed by atoms with van der Waals surface area (Å²) in [5.41, 5.74) is 2.06. The largest absolute Gasteiger partial charge is 0.312 e. The van der Waals surface area contributed by atoms with Crippen molar-refractivity contribution in [3.05, 3.63) is 40.4 Å². The maximum absolute atomic E-state index is 8.73. The molecule has 20 heavy (non-hydrogen) atoms. The third kappa shape index (κ3) is 3.65. The molecule has 1 aromatic heterocycles. The van der Waals surface area contributed by atoms with Gasteiger partial charge in [-0.15, -0.1) is 5.10 Å². The highest BCUT2D eigenvalue weighted by Crippen LogP contribution is 2.20. The molecule has 1 heterocycles. The third-order valence-electron chi connectivity index (χ3n) is 2.76. The molecule has 0 amide bonds. The van der Waals surface area contributed by atoms with Crippen LogP contribution in [-0.4, -0.2) is 21.3 Å². The van der Waals surface area contributed by atoms with Crippen molar-refractivity contribution >= 4 is 15.9 Å². The Bertz CT molecular complexity index is 627. The van der Waals surface area contributed by atoms with E-state index in [0.717, 1.165) is 23.2 Å². The van der Waals surface area contributed by atoms with Crippen LogP contribution in [0.3, 0.4) is 0 Å². The molecule has 2 rings (SSSR count). The second-order valence-electron chi connectivity index (χ2n) is 4.93. The van der Waals surface area contributed by atoms with Gasteiger partial charge in [0.05, 0.1) is 5.69 Å². The quantitative estimate of drug-likeness (QED) is 0.913. The Morgan fingerprint density at radius 2 is 2.25 bits per heavy atom. The highest BCUT2D eigenvalue weighted by Gasteiger charge is 2.06. The molecule has 0 saturated heterocycles. The van der Waals surface area contributed by atoms with Crippen LogP contribution in [0.25, 0.3) is 5.69 Å². The van der Waals surface area contributed by atoms with Crippen LogP contribution in [0.4, 0.5) is 0 Å². The number of aromatic nitrogens is 3. The zero-order chi connectivity index (χ0) is 14.5. The maximum atomic E-state index is 8.73. The summed E-state index contributed by atoms with van der Waals surface area (Å²) in [7, 11) is 0. The van der Waals surface area contributed by atoms with Gasteiger partial charge in [0.25, 0.3) is 5.82 Å². The molecule has 104 valence electrons. The summed E-state index contributed by atoms with van der Waals surface area (Å²) in [6.45, 7) is 6.17. The molecule has 0 spiro atoms. The molecular weight excluding hydrogens is 318 g/mol. The Morgan fingerprint density at radius 3 is 2.85 bits per heavy atom. The van der Waals surface area contributed by atoms with E-state index in [1.807, 2.05) is 24.3 Å². The minimum Gasteiger partial charge on any atom is -0.312 e. The van der Waals surface area contributed by atoms with Crippen molar-refractivity contribution < 1.29 is 0 Å². The molecule has 0 aliphatic carbocycles. The lowest BCUT2D eigenvalue weighted by Gasteiger charge is -2.10. The van der Waals surface area contributed by atoms with Crippen LogP contribution in [0, 0.1) is 17.2 Å². The number of nitrogens with zero attached hydrogens (tertiary/aromatic N) is 4. The number of nitrogens with one attached hydrogen (secondary N) is 1. The van der Waals surface area contributed by atoms with Crippen LogP contribution in [-0.2, 0) is 6.54 Å². The van der Waals surface area contributed by atoms with Crippen molar-refractivity contribution in [2.45, 2.75) is 20.4 Å². The van der Waals surface area contributed by atoms with Crippen LogP contribution in [0.2, 0.25) is 0 Å². The van der Waals surface area contributed by atoms with Gasteiger partial charge in [0.15, 0.2) is 0 Å². The van der Waals surface area contributed by atoms with E-state index in [9.17, 15) is 0 Å². The molecule has 0 bridgehead atoms. The topological polar surface area (TPSA) is 66.5 Å². The predicted octanol–water partition coefficient (Wildman–Crippen LogP) is 2.65. The fraction of sp³-hybridized carbons (Fsp3) is 0.357. The van der Waals surface area contributed by atoms with Gasteiger partial charge in [-0.1, -0.05) is 35.8 Å². The van der Waals surface area contributed by atoms with Crippen molar-refractivity contribution in [2.75, 3.05) is 6.54 Å². The van der Waals surface area contributed by atoms with Crippen molar-refractivity contribution in [3.8, 4) is 11.8 Å². The van der Waals surface area contributed by atoms with Gasteiger partial charge < -0.3 is 5.32 Å². The molecular formula is C14H16BrN5. The SMILES string of the molecule is CC(C)CNCc1ccc(-n2cnc(C#N)n2)cc1Br. The summed E-state index contributed by atoms with van der Waals surface area (Å²) in [5, 5.41) is 16.2. The Morgan fingerprint density at radius 1 is 1.45 bits per heavy atom. The molecule has 6 heteroatoms. The first-order valence-electron chi connectivity index (χ1n) is 6.41. The molecule has 0 saturated carbocycles. The highest BCUT2D eigenvalue weighted by molar-refractivity contribution is 9.10. The van der Waals surface area contributed by atoms with Gasteiger partial charge in [-0.3, -0.25) is 0 Å². The van der Waals surface area contributed by atoms with Crippen LogP contribution < -0.4 is 5.32 Å². The number of benzene rings is 1. The number of hydrogen-bond donors (Lipinski definition) is 1. The third-order valence-corrected chi connectivity index (χ3v) is 3.50. The van der Waals surface area contributed by atoms with E-state index < -0.39 is 0 Å². The Labute approximate surface area is 126 Å². The number of nitriles is 1. The molecule has 1 aromatic carbocycles. The van der Waals surface area contributed by atoms with Crippen LogP contribution in [0.1, 0.15) is 25.2 Å². The summed E-state index contributed by atoms with van der Waals surface area (Å²) in [6.07, 6.45) is 1.54. The van der Waals surface area contributed by atoms with Crippen molar-refractivity contribution in [2.24, 2.45) is 5.92 Å².